The highest BCUT2D eigenvalue weighted by molar-refractivity contribution is 5.80. The molecule has 1 unspecified atom stereocenters. The van der Waals surface area contributed by atoms with Gasteiger partial charge in [0.2, 0.25) is 0 Å². The van der Waals surface area contributed by atoms with Crippen LogP contribution in [0.3, 0.4) is 0 Å². The highest BCUT2D eigenvalue weighted by atomic mass is 16.5. The van der Waals surface area contributed by atoms with Gasteiger partial charge in [-0.05, 0) is 25.5 Å². The molecule has 0 saturated heterocycles. The van der Waals surface area contributed by atoms with E-state index in [1.807, 2.05) is 0 Å². The molecule has 0 spiro atoms. The van der Waals surface area contributed by atoms with Gasteiger partial charge in [0.15, 0.2) is 17.6 Å². The predicted molar refractivity (Wildman–Crippen MR) is 66.1 cm³/mol. The van der Waals surface area contributed by atoms with Crippen molar-refractivity contribution in [3.8, 4) is 11.5 Å². The van der Waals surface area contributed by atoms with Gasteiger partial charge in [-0.1, -0.05) is 25.5 Å². The summed E-state index contributed by atoms with van der Waals surface area (Å²) in [7, 11) is 0. The van der Waals surface area contributed by atoms with Crippen molar-refractivity contribution >= 4 is 5.91 Å². The van der Waals surface area contributed by atoms with Gasteiger partial charge in [0.25, 0.3) is 5.91 Å². The van der Waals surface area contributed by atoms with E-state index in [0.717, 1.165) is 12.8 Å². The third-order valence-corrected chi connectivity index (χ3v) is 2.37. The van der Waals surface area contributed by atoms with Crippen molar-refractivity contribution in [1.82, 2.24) is 5.32 Å². The van der Waals surface area contributed by atoms with E-state index in [-0.39, 0.29) is 11.7 Å². The van der Waals surface area contributed by atoms with Crippen LogP contribution in [0.25, 0.3) is 0 Å². The van der Waals surface area contributed by atoms with Crippen LogP contribution in [-0.2, 0) is 4.79 Å². The fraction of sp³-hybridized carbons (Fsp3) is 0.462. The van der Waals surface area contributed by atoms with E-state index in [1.165, 1.54) is 6.07 Å². The number of unbranched alkanes of at least 4 members (excludes halogenated alkanes) is 1. The number of amides is 1. The molecule has 0 bridgehead atoms. The van der Waals surface area contributed by atoms with Gasteiger partial charge >= 0.3 is 0 Å². The van der Waals surface area contributed by atoms with Crippen molar-refractivity contribution in [2.75, 3.05) is 6.54 Å². The molecule has 94 valence electrons. The molecule has 4 heteroatoms. The number of aromatic hydroxyl groups is 1. The van der Waals surface area contributed by atoms with Gasteiger partial charge in [0, 0.05) is 6.54 Å². The summed E-state index contributed by atoms with van der Waals surface area (Å²) in [4.78, 5) is 11.6. The molecule has 0 aliphatic rings. The summed E-state index contributed by atoms with van der Waals surface area (Å²) in [6, 6.07) is 6.60. The highest BCUT2D eigenvalue weighted by Gasteiger charge is 2.15. The van der Waals surface area contributed by atoms with Crippen LogP contribution >= 0.6 is 0 Å². The third-order valence-electron chi connectivity index (χ3n) is 2.37. The van der Waals surface area contributed by atoms with Gasteiger partial charge in [-0.15, -0.1) is 0 Å². The Balaban J connectivity index is 2.46. The first-order chi connectivity index (χ1) is 8.15. The van der Waals surface area contributed by atoms with Gasteiger partial charge < -0.3 is 15.2 Å². The molecule has 1 amide bonds. The fourth-order valence-corrected chi connectivity index (χ4v) is 1.33. The molecule has 2 N–H and O–H groups in total. The fourth-order valence-electron chi connectivity index (χ4n) is 1.33. The average Bonchev–Trinajstić information content (AvgIpc) is 2.32. The lowest BCUT2D eigenvalue weighted by atomic mass is 10.3. The second kappa shape index (κ2) is 6.78. The SMILES string of the molecule is CCCCNC(=O)C(C)Oc1ccccc1O. The molecular weight excluding hydrogens is 218 g/mol. The maximum Gasteiger partial charge on any atom is 0.260 e. The normalized spacial score (nSPS) is 11.9. The zero-order chi connectivity index (χ0) is 12.7. The Morgan fingerprint density at radius 3 is 2.82 bits per heavy atom. The molecule has 0 fully saturated rings. The Bertz CT molecular complexity index is 365. The number of carbonyl (C=O) groups excluding carboxylic acids is 1. The number of carbonyl (C=O) groups is 1. The standard InChI is InChI=1S/C13H19NO3/c1-3-4-9-14-13(16)10(2)17-12-8-6-5-7-11(12)15/h5-8,10,15H,3-4,9H2,1-2H3,(H,14,16). The van der Waals surface area contributed by atoms with Gasteiger partial charge in [-0.2, -0.15) is 0 Å². The summed E-state index contributed by atoms with van der Waals surface area (Å²) in [5.74, 6) is 0.202. The van der Waals surface area contributed by atoms with Crippen LogP contribution in [0.5, 0.6) is 11.5 Å². The zero-order valence-corrected chi connectivity index (χ0v) is 10.3. The first kappa shape index (κ1) is 13.4. The second-order valence-electron chi connectivity index (χ2n) is 3.87. The van der Waals surface area contributed by atoms with Gasteiger partial charge in [0.1, 0.15) is 0 Å². The van der Waals surface area contributed by atoms with Gasteiger partial charge in [-0.25, -0.2) is 0 Å². The Kier molecular flexibility index (Phi) is 5.33. The first-order valence-electron chi connectivity index (χ1n) is 5.87. The first-order valence-corrected chi connectivity index (χ1v) is 5.87. The Labute approximate surface area is 102 Å². The number of hydrogen-bond donors (Lipinski definition) is 2. The van der Waals surface area contributed by atoms with Crippen molar-refractivity contribution in [2.24, 2.45) is 0 Å². The second-order valence-corrected chi connectivity index (χ2v) is 3.87. The molecule has 4 nitrogen and oxygen atoms in total. The van der Waals surface area contributed by atoms with Crippen molar-refractivity contribution < 1.29 is 14.6 Å². The van der Waals surface area contributed by atoms with Crippen LogP contribution in [0.4, 0.5) is 0 Å². The molecule has 0 aromatic heterocycles. The minimum Gasteiger partial charge on any atom is -0.504 e. The topological polar surface area (TPSA) is 58.6 Å². The van der Waals surface area contributed by atoms with E-state index in [9.17, 15) is 9.90 Å². The highest BCUT2D eigenvalue weighted by Crippen LogP contribution is 2.25. The zero-order valence-electron chi connectivity index (χ0n) is 10.3. The van der Waals surface area contributed by atoms with Crippen LogP contribution in [0, 0.1) is 0 Å². The van der Waals surface area contributed by atoms with Crippen LogP contribution in [0.2, 0.25) is 0 Å². The lowest BCUT2D eigenvalue weighted by Gasteiger charge is -2.15. The molecular formula is C13H19NO3. The number of benzene rings is 1. The summed E-state index contributed by atoms with van der Waals surface area (Å²) < 4.78 is 5.38. The molecule has 0 heterocycles. The minimum atomic E-state index is -0.611. The number of rotatable bonds is 6. The number of ether oxygens (including phenoxy) is 1. The average molecular weight is 237 g/mol. The number of phenols is 1. The van der Waals surface area contributed by atoms with E-state index in [2.05, 4.69) is 12.2 Å². The molecule has 17 heavy (non-hydrogen) atoms. The Morgan fingerprint density at radius 1 is 1.47 bits per heavy atom. The predicted octanol–water partition coefficient (Wildman–Crippen LogP) is 2.08. The molecule has 0 saturated carbocycles. The largest absolute Gasteiger partial charge is 0.504 e. The van der Waals surface area contributed by atoms with Crippen molar-refractivity contribution in [3.63, 3.8) is 0 Å². The number of hydrogen-bond acceptors (Lipinski definition) is 3. The summed E-state index contributed by atoms with van der Waals surface area (Å²) in [6.45, 7) is 4.38. The molecule has 1 aromatic carbocycles. The maximum absolute atomic E-state index is 11.6. The minimum absolute atomic E-state index is 0.0423. The quantitative estimate of drug-likeness (QED) is 0.745. The summed E-state index contributed by atoms with van der Waals surface area (Å²) >= 11 is 0. The molecule has 1 atom stereocenters. The van der Waals surface area contributed by atoms with Crippen molar-refractivity contribution in [1.29, 1.82) is 0 Å². The number of nitrogens with one attached hydrogen (secondary N) is 1. The number of para-hydroxylation sites is 2. The monoisotopic (exact) mass is 237 g/mol. The van der Waals surface area contributed by atoms with E-state index in [1.54, 1.807) is 25.1 Å². The smallest absolute Gasteiger partial charge is 0.260 e. The summed E-state index contributed by atoms with van der Waals surface area (Å²) in [5.41, 5.74) is 0. The van der Waals surface area contributed by atoms with Gasteiger partial charge in [-0.3, -0.25) is 4.79 Å². The molecule has 1 rings (SSSR count). The van der Waals surface area contributed by atoms with Crippen molar-refractivity contribution in [2.45, 2.75) is 32.8 Å². The van der Waals surface area contributed by atoms with E-state index >= 15 is 0 Å². The number of phenolic OH excluding ortho intramolecular Hbond substituents is 1. The lowest BCUT2D eigenvalue weighted by molar-refractivity contribution is -0.127. The summed E-state index contributed by atoms with van der Waals surface area (Å²) in [5, 5.41) is 12.3. The lowest BCUT2D eigenvalue weighted by Crippen LogP contribution is -2.36. The van der Waals surface area contributed by atoms with E-state index in [0.29, 0.717) is 12.3 Å². The maximum atomic E-state index is 11.6. The van der Waals surface area contributed by atoms with Crippen LogP contribution < -0.4 is 10.1 Å². The molecule has 0 aliphatic carbocycles. The Hall–Kier alpha value is -1.71. The van der Waals surface area contributed by atoms with Crippen LogP contribution in [0.1, 0.15) is 26.7 Å². The van der Waals surface area contributed by atoms with E-state index < -0.39 is 6.10 Å². The van der Waals surface area contributed by atoms with E-state index in [4.69, 9.17) is 4.74 Å². The Morgan fingerprint density at radius 2 is 2.18 bits per heavy atom. The molecule has 0 aliphatic heterocycles. The third kappa shape index (κ3) is 4.34. The van der Waals surface area contributed by atoms with Crippen LogP contribution in [-0.4, -0.2) is 23.7 Å². The summed E-state index contributed by atoms with van der Waals surface area (Å²) in [6.07, 6.45) is 1.38. The van der Waals surface area contributed by atoms with Gasteiger partial charge in [0.05, 0.1) is 0 Å². The van der Waals surface area contributed by atoms with Crippen molar-refractivity contribution in [3.05, 3.63) is 24.3 Å². The molecule has 1 aromatic rings. The van der Waals surface area contributed by atoms with Crippen LogP contribution in [0.15, 0.2) is 24.3 Å². The molecule has 0 radical (unpaired) electrons.